The number of carbonyl (C=O) groups is 1. The molecule has 4 nitrogen and oxygen atoms in total. The number of para-hydroxylation sites is 2. The molecule has 0 saturated carbocycles. The minimum absolute atomic E-state index is 0.0423. The van der Waals surface area contributed by atoms with Crippen molar-refractivity contribution in [2.24, 2.45) is 0 Å². The summed E-state index contributed by atoms with van der Waals surface area (Å²) in [6, 6.07) is 12.8. The fourth-order valence-corrected chi connectivity index (χ4v) is 3.52. The molecule has 1 aliphatic rings. The Kier molecular flexibility index (Phi) is 3.94. The zero-order valence-electron chi connectivity index (χ0n) is 12.8. The molecule has 2 heterocycles. The van der Waals surface area contributed by atoms with E-state index in [-0.39, 0.29) is 11.9 Å². The summed E-state index contributed by atoms with van der Waals surface area (Å²) in [6.07, 6.45) is 1.85. The maximum atomic E-state index is 12.9. The van der Waals surface area contributed by atoms with Crippen LogP contribution in [0.15, 0.2) is 42.5 Å². The number of nitrogens with one attached hydrogen (secondary N) is 1. The van der Waals surface area contributed by atoms with Crippen molar-refractivity contribution in [3.05, 3.63) is 63.9 Å². The summed E-state index contributed by atoms with van der Waals surface area (Å²) in [5, 5.41) is 0.838. The van der Waals surface area contributed by atoms with E-state index in [0.717, 1.165) is 29.7 Å². The average Bonchev–Trinajstić information content (AvgIpc) is 3.22. The first-order chi connectivity index (χ1) is 11.6. The molecule has 0 unspecified atom stereocenters. The minimum atomic E-state index is -0.0449. The fourth-order valence-electron chi connectivity index (χ4n) is 3.22. The molecule has 6 heteroatoms. The second-order valence-corrected chi connectivity index (χ2v) is 6.74. The van der Waals surface area contributed by atoms with Gasteiger partial charge in [0, 0.05) is 12.1 Å². The Bertz CT molecular complexity index is 889. The lowest BCUT2D eigenvalue weighted by Gasteiger charge is -2.23. The van der Waals surface area contributed by atoms with Crippen LogP contribution in [0.25, 0.3) is 11.0 Å². The number of benzene rings is 2. The van der Waals surface area contributed by atoms with Crippen molar-refractivity contribution in [2.45, 2.75) is 18.9 Å². The Morgan fingerprint density at radius 1 is 1.17 bits per heavy atom. The van der Waals surface area contributed by atoms with Crippen LogP contribution in [0.5, 0.6) is 0 Å². The van der Waals surface area contributed by atoms with Gasteiger partial charge in [-0.3, -0.25) is 4.79 Å². The Morgan fingerprint density at radius 3 is 2.79 bits per heavy atom. The number of fused-ring (bicyclic) bond motifs is 1. The first-order valence-electron chi connectivity index (χ1n) is 7.84. The maximum absolute atomic E-state index is 12.9. The van der Waals surface area contributed by atoms with Gasteiger partial charge < -0.3 is 9.88 Å². The van der Waals surface area contributed by atoms with Crippen LogP contribution in [0.1, 0.15) is 35.1 Å². The molecule has 4 rings (SSSR count). The first-order valence-corrected chi connectivity index (χ1v) is 8.60. The number of imidazole rings is 1. The van der Waals surface area contributed by atoms with Gasteiger partial charge in [0.1, 0.15) is 5.82 Å². The number of halogens is 2. The number of H-pyrrole nitrogens is 1. The molecule has 1 amide bonds. The second-order valence-electron chi connectivity index (χ2n) is 5.92. The maximum Gasteiger partial charge on any atom is 0.254 e. The highest BCUT2D eigenvalue weighted by atomic mass is 35.5. The van der Waals surface area contributed by atoms with Crippen LogP contribution in [0.3, 0.4) is 0 Å². The summed E-state index contributed by atoms with van der Waals surface area (Å²) in [5.74, 6) is 0.790. The van der Waals surface area contributed by atoms with Gasteiger partial charge in [-0.2, -0.15) is 0 Å². The number of aromatic amines is 1. The number of likely N-dealkylation sites (tertiary alicyclic amines) is 1. The van der Waals surface area contributed by atoms with Gasteiger partial charge in [0.2, 0.25) is 0 Å². The lowest BCUT2D eigenvalue weighted by Crippen LogP contribution is -2.31. The van der Waals surface area contributed by atoms with E-state index in [2.05, 4.69) is 9.97 Å². The highest BCUT2D eigenvalue weighted by Gasteiger charge is 2.32. The molecule has 2 aromatic carbocycles. The third-order valence-electron chi connectivity index (χ3n) is 4.40. The van der Waals surface area contributed by atoms with Gasteiger partial charge in [-0.25, -0.2) is 4.98 Å². The van der Waals surface area contributed by atoms with Crippen LogP contribution in [0.4, 0.5) is 0 Å². The third-order valence-corrected chi connectivity index (χ3v) is 5.14. The van der Waals surface area contributed by atoms with Crippen molar-refractivity contribution < 1.29 is 4.79 Å². The largest absolute Gasteiger partial charge is 0.340 e. The highest BCUT2D eigenvalue weighted by molar-refractivity contribution is 6.42. The Hall–Kier alpha value is -2.04. The van der Waals surface area contributed by atoms with E-state index in [4.69, 9.17) is 23.2 Å². The van der Waals surface area contributed by atoms with E-state index in [1.807, 2.05) is 29.2 Å². The Balaban J connectivity index is 1.66. The smallest absolute Gasteiger partial charge is 0.254 e. The molecule has 0 radical (unpaired) electrons. The molecule has 0 bridgehead atoms. The minimum Gasteiger partial charge on any atom is -0.340 e. The number of rotatable bonds is 2. The molecule has 0 spiro atoms. The van der Waals surface area contributed by atoms with Crippen molar-refractivity contribution in [1.82, 2.24) is 14.9 Å². The first kappa shape index (κ1) is 15.5. The van der Waals surface area contributed by atoms with Crippen molar-refractivity contribution in [3.63, 3.8) is 0 Å². The fraction of sp³-hybridized carbons (Fsp3) is 0.222. The van der Waals surface area contributed by atoms with Crippen molar-refractivity contribution in [3.8, 4) is 0 Å². The summed E-state index contributed by atoms with van der Waals surface area (Å²) < 4.78 is 0. The van der Waals surface area contributed by atoms with Crippen molar-refractivity contribution in [2.75, 3.05) is 6.54 Å². The zero-order valence-corrected chi connectivity index (χ0v) is 14.3. The highest BCUT2D eigenvalue weighted by Crippen LogP contribution is 2.33. The number of hydrogen-bond donors (Lipinski definition) is 1. The predicted molar refractivity (Wildman–Crippen MR) is 95.6 cm³/mol. The normalized spacial score (nSPS) is 17.6. The third kappa shape index (κ3) is 2.66. The second kappa shape index (κ2) is 6.11. The van der Waals surface area contributed by atoms with Crippen LogP contribution in [-0.2, 0) is 0 Å². The van der Waals surface area contributed by atoms with Gasteiger partial charge in [0.05, 0.1) is 27.1 Å². The van der Waals surface area contributed by atoms with Gasteiger partial charge >= 0.3 is 0 Å². The molecule has 1 aliphatic heterocycles. The molecule has 1 fully saturated rings. The SMILES string of the molecule is O=C(c1ccc(Cl)c(Cl)c1)N1CCC[C@H]1c1nc2ccccc2[nH]1. The van der Waals surface area contributed by atoms with Crippen LogP contribution >= 0.6 is 23.2 Å². The van der Waals surface area contributed by atoms with Crippen LogP contribution < -0.4 is 0 Å². The lowest BCUT2D eigenvalue weighted by atomic mass is 10.1. The number of amides is 1. The van der Waals surface area contributed by atoms with E-state index >= 15 is 0 Å². The van der Waals surface area contributed by atoms with Crippen LogP contribution in [0.2, 0.25) is 10.0 Å². The van der Waals surface area contributed by atoms with E-state index < -0.39 is 0 Å². The number of hydrogen-bond acceptors (Lipinski definition) is 2. The predicted octanol–water partition coefficient (Wildman–Crippen LogP) is 4.85. The number of carbonyl (C=O) groups excluding carboxylic acids is 1. The Labute approximate surface area is 149 Å². The molecule has 1 atom stereocenters. The number of nitrogens with zero attached hydrogens (tertiary/aromatic N) is 2. The monoisotopic (exact) mass is 359 g/mol. The molecule has 0 aliphatic carbocycles. The van der Waals surface area contributed by atoms with Crippen molar-refractivity contribution >= 4 is 40.1 Å². The number of aromatic nitrogens is 2. The molecule has 1 N–H and O–H groups in total. The summed E-state index contributed by atoms with van der Waals surface area (Å²) in [7, 11) is 0. The molecule has 24 heavy (non-hydrogen) atoms. The van der Waals surface area contributed by atoms with Crippen molar-refractivity contribution in [1.29, 1.82) is 0 Å². The van der Waals surface area contributed by atoms with Gasteiger partial charge in [-0.05, 0) is 43.2 Å². The van der Waals surface area contributed by atoms with Gasteiger partial charge in [-0.1, -0.05) is 35.3 Å². The molecule has 122 valence electrons. The van der Waals surface area contributed by atoms with Crippen LogP contribution in [-0.4, -0.2) is 27.3 Å². The summed E-state index contributed by atoms with van der Waals surface area (Å²) in [5.41, 5.74) is 2.45. The van der Waals surface area contributed by atoms with Gasteiger partial charge in [-0.15, -0.1) is 0 Å². The summed E-state index contributed by atoms with van der Waals surface area (Å²) in [6.45, 7) is 0.709. The standard InChI is InChI=1S/C18H15Cl2N3O/c19-12-8-7-11(10-13(12)20)18(24)23-9-3-6-16(23)17-21-14-4-1-2-5-15(14)22-17/h1-2,4-5,7-8,10,16H,3,6,9H2,(H,21,22)/t16-/m0/s1. The van der Waals surface area contributed by atoms with E-state index in [1.165, 1.54) is 0 Å². The summed E-state index contributed by atoms with van der Waals surface area (Å²) in [4.78, 5) is 22.7. The molecule has 1 aromatic heterocycles. The van der Waals surface area contributed by atoms with E-state index in [9.17, 15) is 4.79 Å². The zero-order chi connectivity index (χ0) is 16.7. The quantitative estimate of drug-likeness (QED) is 0.710. The Morgan fingerprint density at radius 2 is 2.00 bits per heavy atom. The molecule has 3 aromatic rings. The van der Waals surface area contributed by atoms with Gasteiger partial charge in [0.25, 0.3) is 5.91 Å². The molecule has 1 saturated heterocycles. The van der Waals surface area contributed by atoms with Crippen LogP contribution in [0, 0.1) is 0 Å². The summed E-state index contributed by atoms with van der Waals surface area (Å²) >= 11 is 12.0. The van der Waals surface area contributed by atoms with Gasteiger partial charge in [0.15, 0.2) is 0 Å². The van der Waals surface area contributed by atoms with E-state index in [0.29, 0.717) is 22.2 Å². The average molecular weight is 360 g/mol. The topological polar surface area (TPSA) is 49.0 Å². The lowest BCUT2D eigenvalue weighted by molar-refractivity contribution is 0.0730. The van der Waals surface area contributed by atoms with E-state index in [1.54, 1.807) is 18.2 Å². The molecular formula is C18H15Cl2N3O. The molecular weight excluding hydrogens is 345 g/mol.